The number of hydrogen-bond donors (Lipinski definition) is 1. The minimum atomic E-state index is 0.366. The molecule has 2 N–H and O–H groups in total. The van der Waals surface area contributed by atoms with Crippen molar-refractivity contribution in [3.63, 3.8) is 0 Å². The van der Waals surface area contributed by atoms with E-state index >= 15 is 0 Å². The molecule has 134 valence electrons. The maximum absolute atomic E-state index is 5.70. The van der Waals surface area contributed by atoms with Gasteiger partial charge in [-0.15, -0.1) is 0 Å². The lowest BCUT2D eigenvalue weighted by Crippen LogP contribution is -2.38. The van der Waals surface area contributed by atoms with E-state index in [9.17, 15) is 0 Å². The summed E-state index contributed by atoms with van der Waals surface area (Å²) in [5.74, 6) is 1.59. The first-order valence-electron chi connectivity index (χ1n) is 8.79. The topological polar surface area (TPSA) is 85.3 Å². The SMILES string of the molecule is Cc1nn(C)c(N2CCOCC2)c1CN1CCc2nc(N)ncc2C1. The molecule has 0 aliphatic carbocycles. The summed E-state index contributed by atoms with van der Waals surface area (Å²) in [5.41, 5.74) is 10.4. The van der Waals surface area contributed by atoms with Crippen LogP contribution in [0.2, 0.25) is 0 Å². The summed E-state index contributed by atoms with van der Waals surface area (Å²) in [6.07, 6.45) is 2.77. The maximum Gasteiger partial charge on any atom is 0.220 e. The molecule has 0 spiro atoms. The molecule has 25 heavy (non-hydrogen) atoms. The summed E-state index contributed by atoms with van der Waals surface area (Å²) >= 11 is 0. The number of aromatic nitrogens is 4. The number of nitrogen functional groups attached to an aromatic ring is 1. The van der Waals surface area contributed by atoms with E-state index in [1.807, 2.05) is 17.9 Å². The molecule has 0 aromatic carbocycles. The molecular formula is C17H25N7O. The van der Waals surface area contributed by atoms with Gasteiger partial charge in [-0.2, -0.15) is 5.10 Å². The highest BCUT2D eigenvalue weighted by atomic mass is 16.5. The first kappa shape index (κ1) is 16.3. The van der Waals surface area contributed by atoms with E-state index in [0.29, 0.717) is 5.95 Å². The van der Waals surface area contributed by atoms with Gasteiger partial charge in [0, 0.05) is 63.5 Å². The van der Waals surface area contributed by atoms with Crippen molar-refractivity contribution in [1.82, 2.24) is 24.6 Å². The molecule has 0 atom stereocenters. The Bertz CT molecular complexity index is 767. The van der Waals surface area contributed by atoms with Gasteiger partial charge in [0.15, 0.2) is 0 Å². The average Bonchev–Trinajstić information content (AvgIpc) is 2.89. The van der Waals surface area contributed by atoms with Crippen LogP contribution in [0.1, 0.15) is 22.5 Å². The molecule has 1 fully saturated rings. The summed E-state index contributed by atoms with van der Waals surface area (Å²) in [6.45, 7) is 8.20. The predicted molar refractivity (Wildman–Crippen MR) is 95.2 cm³/mol. The van der Waals surface area contributed by atoms with E-state index in [-0.39, 0.29) is 0 Å². The van der Waals surface area contributed by atoms with Crippen molar-refractivity contribution in [2.75, 3.05) is 43.5 Å². The minimum Gasteiger partial charge on any atom is -0.378 e. The molecule has 8 nitrogen and oxygen atoms in total. The molecule has 0 bridgehead atoms. The van der Waals surface area contributed by atoms with E-state index in [0.717, 1.165) is 63.7 Å². The molecule has 2 aliphatic heterocycles. The van der Waals surface area contributed by atoms with Crippen LogP contribution in [-0.4, -0.2) is 57.5 Å². The van der Waals surface area contributed by atoms with Crippen LogP contribution in [0.15, 0.2) is 6.20 Å². The molecule has 2 aromatic heterocycles. The molecule has 4 heterocycles. The third-order valence-corrected chi connectivity index (χ3v) is 5.04. The Kier molecular flexibility index (Phi) is 4.30. The number of anilines is 2. The fourth-order valence-corrected chi connectivity index (χ4v) is 3.79. The number of nitrogens with two attached hydrogens (primary N) is 1. The summed E-state index contributed by atoms with van der Waals surface area (Å²) in [5, 5.41) is 4.67. The zero-order valence-corrected chi connectivity index (χ0v) is 14.9. The van der Waals surface area contributed by atoms with E-state index in [2.05, 4.69) is 31.8 Å². The van der Waals surface area contributed by atoms with Gasteiger partial charge in [0.25, 0.3) is 0 Å². The van der Waals surface area contributed by atoms with E-state index in [1.54, 1.807) is 0 Å². The Labute approximate surface area is 147 Å². The van der Waals surface area contributed by atoms with Gasteiger partial charge in [-0.25, -0.2) is 9.97 Å². The van der Waals surface area contributed by atoms with Crippen LogP contribution in [0, 0.1) is 6.92 Å². The van der Waals surface area contributed by atoms with Gasteiger partial charge in [0.05, 0.1) is 24.6 Å². The Morgan fingerprint density at radius 2 is 2.04 bits per heavy atom. The lowest BCUT2D eigenvalue weighted by atomic mass is 10.1. The molecule has 0 unspecified atom stereocenters. The van der Waals surface area contributed by atoms with Crippen LogP contribution in [0.5, 0.6) is 0 Å². The zero-order valence-electron chi connectivity index (χ0n) is 14.9. The number of fused-ring (bicyclic) bond motifs is 1. The van der Waals surface area contributed by atoms with E-state index < -0.39 is 0 Å². The fourth-order valence-electron chi connectivity index (χ4n) is 3.79. The summed E-state index contributed by atoms with van der Waals surface area (Å²) in [7, 11) is 2.03. The number of ether oxygens (including phenoxy) is 1. The first-order chi connectivity index (χ1) is 12.1. The van der Waals surface area contributed by atoms with Crippen LogP contribution in [0.4, 0.5) is 11.8 Å². The molecule has 0 saturated carbocycles. The van der Waals surface area contributed by atoms with Crippen LogP contribution in [0.25, 0.3) is 0 Å². The van der Waals surface area contributed by atoms with E-state index in [1.165, 1.54) is 16.9 Å². The maximum atomic E-state index is 5.70. The number of rotatable bonds is 3. The lowest BCUT2D eigenvalue weighted by molar-refractivity contribution is 0.122. The second-order valence-electron chi connectivity index (χ2n) is 6.77. The van der Waals surface area contributed by atoms with Crippen molar-refractivity contribution in [2.24, 2.45) is 7.05 Å². The van der Waals surface area contributed by atoms with Gasteiger partial charge in [-0.05, 0) is 6.92 Å². The van der Waals surface area contributed by atoms with Crippen molar-refractivity contribution in [1.29, 1.82) is 0 Å². The van der Waals surface area contributed by atoms with Crippen LogP contribution < -0.4 is 10.6 Å². The smallest absolute Gasteiger partial charge is 0.220 e. The standard InChI is InChI=1S/C17H25N7O/c1-12-14(16(22(2)21-12)24-5-7-25-8-6-24)11-23-4-3-15-13(10-23)9-19-17(18)20-15/h9H,3-8,10-11H2,1-2H3,(H2,18,19,20). The first-order valence-corrected chi connectivity index (χ1v) is 8.79. The molecule has 2 aliphatic rings. The van der Waals surface area contributed by atoms with Crippen LogP contribution in [0.3, 0.4) is 0 Å². The van der Waals surface area contributed by atoms with Gasteiger partial charge in [0.2, 0.25) is 5.95 Å². The fraction of sp³-hybridized carbons (Fsp3) is 0.588. The number of aryl methyl sites for hydroxylation is 2. The van der Waals surface area contributed by atoms with E-state index in [4.69, 9.17) is 10.5 Å². The Balaban J connectivity index is 1.56. The second-order valence-corrected chi connectivity index (χ2v) is 6.77. The van der Waals surface area contributed by atoms with Gasteiger partial charge < -0.3 is 15.4 Å². The normalized spacial score (nSPS) is 18.4. The monoisotopic (exact) mass is 343 g/mol. The molecule has 8 heteroatoms. The number of nitrogens with zero attached hydrogens (tertiary/aromatic N) is 6. The minimum absolute atomic E-state index is 0.366. The second kappa shape index (κ2) is 6.61. The highest BCUT2D eigenvalue weighted by Gasteiger charge is 2.25. The van der Waals surface area contributed by atoms with Crippen molar-refractivity contribution in [3.8, 4) is 0 Å². The third kappa shape index (κ3) is 3.19. The average molecular weight is 343 g/mol. The Hall–Kier alpha value is -2.19. The summed E-state index contributed by atoms with van der Waals surface area (Å²) < 4.78 is 7.51. The third-order valence-electron chi connectivity index (χ3n) is 5.04. The van der Waals surface area contributed by atoms with Crippen LogP contribution in [-0.2, 0) is 31.3 Å². The highest BCUT2D eigenvalue weighted by Crippen LogP contribution is 2.27. The quantitative estimate of drug-likeness (QED) is 0.868. The largest absolute Gasteiger partial charge is 0.378 e. The summed E-state index contributed by atoms with van der Waals surface area (Å²) in [6, 6.07) is 0. The summed E-state index contributed by atoms with van der Waals surface area (Å²) in [4.78, 5) is 13.3. The molecule has 0 amide bonds. The van der Waals surface area contributed by atoms with Crippen molar-refractivity contribution in [3.05, 3.63) is 28.7 Å². The molecule has 0 radical (unpaired) electrons. The number of hydrogen-bond acceptors (Lipinski definition) is 7. The van der Waals surface area contributed by atoms with Gasteiger partial charge >= 0.3 is 0 Å². The van der Waals surface area contributed by atoms with Crippen molar-refractivity contribution in [2.45, 2.75) is 26.4 Å². The Morgan fingerprint density at radius 1 is 1.24 bits per heavy atom. The number of morpholine rings is 1. The van der Waals surface area contributed by atoms with Gasteiger partial charge in [-0.3, -0.25) is 9.58 Å². The molecule has 2 aromatic rings. The highest BCUT2D eigenvalue weighted by molar-refractivity contribution is 5.50. The molecular weight excluding hydrogens is 318 g/mol. The van der Waals surface area contributed by atoms with Gasteiger partial charge in [-0.1, -0.05) is 0 Å². The Morgan fingerprint density at radius 3 is 2.84 bits per heavy atom. The zero-order chi connectivity index (χ0) is 17.4. The van der Waals surface area contributed by atoms with Crippen molar-refractivity contribution >= 4 is 11.8 Å². The molecule has 4 rings (SSSR count). The van der Waals surface area contributed by atoms with Crippen LogP contribution >= 0.6 is 0 Å². The molecule has 1 saturated heterocycles. The van der Waals surface area contributed by atoms with Crippen molar-refractivity contribution < 1.29 is 4.74 Å². The van der Waals surface area contributed by atoms with Gasteiger partial charge in [0.1, 0.15) is 5.82 Å². The predicted octanol–water partition coefficient (Wildman–Crippen LogP) is 0.496. The lowest BCUT2D eigenvalue weighted by Gasteiger charge is -2.32.